The molecule has 1 heterocycles. The third-order valence-electron chi connectivity index (χ3n) is 3.32. The largest absolute Gasteiger partial charge is 0.206 e. The van der Waals surface area contributed by atoms with Gasteiger partial charge in [0.15, 0.2) is 0 Å². The highest BCUT2D eigenvalue weighted by atomic mass is 19.1. The third kappa shape index (κ3) is 2.40. The highest BCUT2D eigenvalue weighted by molar-refractivity contribution is 5.84. The molecule has 21 heavy (non-hydrogen) atoms. The Balaban J connectivity index is 2.33. The smallest absolute Gasteiger partial charge is 0.134 e. The number of halogens is 2. The van der Waals surface area contributed by atoms with Gasteiger partial charge in [0.1, 0.15) is 11.6 Å². The van der Waals surface area contributed by atoms with E-state index in [1.807, 2.05) is 30.3 Å². The second kappa shape index (κ2) is 5.40. The van der Waals surface area contributed by atoms with Crippen molar-refractivity contribution < 1.29 is 8.78 Å². The van der Waals surface area contributed by atoms with Crippen molar-refractivity contribution in [3.05, 3.63) is 72.1 Å². The summed E-state index contributed by atoms with van der Waals surface area (Å²) in [4.78, 5) is 0. The lowest BCUT2D eigenvalue weighted by Crippen LogP contribution is -1.98. The molecule has 1 aromatic heterocycles. The topological polar surface area (TPSA) is 25.8 Å². The summed E-state index contributed by atoms with van der Waals surface area (Å²) in [5.74, 6) is -1.22. The first kappa shape index (κ1) is 13.4. The maximum Gasteiger partial charge on any atom is 0.134 e. The van der Waals surface area contributed by atoms with E-state index >= 15 is 0 Å². The van der Waals surface area contributed by atoms with Crippen LogP contribution in [0.3, 0.4) is 0 Å². The highest BCUT2D eigenvalue weighted by Gasteiger charge is 2.18. The van der Waals surface area contributed by atoms with E-state index in [0.29, 0.717) is 16.8 Å². The molecule has 4 heteroatoms. The Morgan fingerprint density at radius 3 is 2.14 bits per heavy atom. The second-order valence-corrected chi connectivity index (χ2v) is 4.68. The van der Waals surface area contributed by atoms with Crippen LogP contribution in [0.25, 0.3) is 22.3 Å². The molecule has 0 unspecified atom stereocenters. The van der Waals surface area contributed by atoms with Crippen molar-refractivity contribution in [1.29, 1.82) is 0 Å². The first-order valence-corrected chi connectivity index (χ1v) is 6.50. The van der Waals surface area contributed by atoms with E-state index in [-0.39, 0.29) is 5.56 Å². The molecule has 0 N–H and O–H groups in total. The van der Waals surface area contributed by atoms with Gasteiger partial charge in [-0.3, -0.25) is 0 Å². The van der Waals surface area contributed by atoms with Crippen LogP contribution in [0.2, 0.25) is 0 Å². The Labute approximate surface area is 121 Å². The fraction of sp³-hybridized carbons (Fsp3) is 0.0588. The molecule has 0 aliphatic carbocycles. The Bertz CT molecular complexity index is 766. The summed E-state index contributed by atoms with van der Waals surface area (Å²) in [7, 11) is 0. The number of hydrogen-bond donors (Lipinski definition) is 0. The van der Waals surface area contributed by atoms with Crippen molar-refractivity contribution in [2.24, 2.45) is 0 Å². The minimum atomic E-state index is -0.611. The SMILES string of the molecule is Cc1nncc(-c2c(F)cccc2F)c1-c1ccccc1. The molecule has 0 radical (unpaired) electrons. The number of aryl methyl sites for hydroxylation is 1. The summed E-state index contributed by atoms with van der Waals surface area (Å²) in [6.07, 6.45) is 1.40. The van der Waals surface area contributed by atoms with Gasteiger partial charge in [-0.1, -0.05) is 36.4 Å². The maximum absolute atomic E-state index is 14.1. The summed E-state index contributed by atoms with van der Waals surface area (Å²) in [6.45, 7) is 1.78. The molecule has 3 rings (SSSR count). The van der Waals surface area contributed by atoms with Crippen LogP contribution in [-0.2, 0) is 0 Å². The summed E-state index contributed by atoms with van der Waals surface area (Å²) in [6, 6.07) is 13.2. The number of rotatable bonds is 2. The van der Waals surface area contributed by atoms with Crippen LogP contribution in [0, 0.1) is 18.6 Å². The van der Waals surface area contributed by atoms with E-state index in [1.54, 1.807) is 6.92 Å². The summed E-state index contributed by atoms with van der Waals surface area (Å²) < 4.78 is 28.2. The van der Waals surface area contributed by atoms with Crippen LogP contribution in [0.5, 0.6) is 0 Å². The van der Waals surface area contributed by atoms with Crippen LogP contribution >= 0.6 is 0 Å². The van der Waals surface area contributed by atoms with Crippen molar-refractivity contribution in [3.8, 4) is 22.3 Å². The van der Waals surface area contributed by atoms with Crippen LogP contribution in [0.1, 0.15) is 5.69 Å². The van der Waals surface area contributed by atoms with E-state index < -0.39 is 11.6 Å². The molecule has 0 atom stereocenters. The maximum atomic E-state index is 14.1. The Kier molecular flexibility index (Phi) is 3.44. The van der Waals surface area contributed by atoms with Crippen LogP contribution < -0.4 is 0 Å². The summed E-state index contributed by atoms with van der Waals surface area (Å²) >= 11 is 0. The van der Waals surface area contributed by atoms with Gasteiger partial charge in [0.2, 0.25) is 0 Å². The Morgan fingerprint density at radius 2 is 1.48 bits per heavy atom. The monoisotopic (exact) mass is 282 g/mol. The van der Waals surface area contributed by atoms with Crippen molar-refractivity contribution in [2.45, 2.75) is 6.92 Å². The highest BCUT2D eigenvalue weighted by Crippen LogP contribution is 2.35. The Hall–Kier alpha value is -2.62. The van der Waals surface area contributed by atoms with Gasteiger partial charge in [-0.25, -0.2) is 8.78 Å². The van der Waals surface area contributed by atoms with Crippen LogP contribution in [0.4, 0.5) is 8.78 Å². The van der Waals surface area contributed by atoms with Gasteiger partial charge in [0.25, 0.3) is 0 Å². The predicted molar refractivity (Wildman–Crippen MR) is 77.6 cm³/mol. The molecular weight excluding hydrogens is 270 g/mol. The average Bonchev–Trinajstić information content (AvgIpc) is 2.48. The number of benzene rings is 2. The van der Waals surface area contributed by atoms with Crippen molar-refractivity contribution in [1.82, 2.24) is 10.2 Å². The fourth-order valence-electron chi connectivity index (χ4n) is 2.40. The van der Waals surface area contributed by atoms with Gasteiger partial charge in [0.05, 0.1) is 17.5 Å². The molecule has 0 amide bonds. The van der Waals surface area contributed by atoms with Crippen molar-refractivity contribution in [2.75, 3.05) is 0 Å². The molecule has 2 aromatic carbocycles. The molecule has 0 bridgehead atoms. The lowest BCUT2D eigenvalue weighted by Gasteiger charge is -2.12. The van der Waals surface area contributed by atoms with Gasteiger partial charge in [-0.15, -0.1) is 0 Å². The minimum absolute atomic E-state index is 0.0747. The lowest BCUT2D eigenvalue weighted by molar-refractivity contribution is 0.589. The molecule has 104 valence electrons. The quantitative estimate of drug-likeness (QED) is 0.696. The standard InChI is InChI=1S/C17H12F2N2/c1-11-16(12-6-3-2-4-7-12)13(10-20-21-11)17-14(18)8-5-9-15(17)19/h2-10H,1H3. The molecule has 0 saturated heterocycles. The molecule has 0 fully saturated rings. The molecule has 2 nitrogen and oxygen atoms in total. The third-order valence-corrected chi connectivity index (χ3v) is 3.32. The normalized spacial score (nSPS) is 10.6. The van der Waals surface area contributed by atoms with Crippen molar-refractivity contribution >= 4 is 0 Å². The van der Waals surface area contributed by atoms with Gasteiger partial charge >= 0.3 is 0 Å². The number of aromatic nitrogens is 2. The lowest BCUT2D eigenvalue weighted by atomic mass is 9.94. The van der Waals surface area contributed by atoms with E-state index in [4.69, 9.17) is 0 Å². The number of hydrogen-bond acceptors (Lipinski definition) is 2. The molecule has 0 aliphatic rings. The summed E-state index contributed by atoms with van der Waals surface area (Å²) in [5.41, 5.74) is 2.50. The van der Waals surface area contributed by atoms with Gasteiger partial charge in [0, 0.05) is 11.1 Å². The minimum Gasteiger partial charge on any atom is -0.206 e. The van der Waals surface area contributed by atoms with Gasteiger partial charge in [-0.2, -0.15) is 10.2 Å². The van der Waals surface area contributed by atoms with E-state index in [1.165, 1.54) is 24.4 Å². The van der Waals surface area contributed by atoms with E-state index in [0.717, 1.165) is 5.56 Å². The van der Waals surface area contributed by atoms with Crippen molar-refractivity contribution in [3.63, 3.8) is 0 Å². The first-order chi connectivity index (χ1) is 10.2. The Morgan fingerprint density at radius 1 is 0.810 bits per heavy atom. The first-order valence-electron chi connectivity index (χ1n) is 6.50. The zero-order valence-corrected chi connectivity index (χ0v) is 11.3. The van der Waals surface area contributed by atoms with Gasteiger partial charge in [-0.05, 0) is 24.6 Å². The zero-order valence-electron chi connectivity index (χ0n) is 11.3. The summed E-state index contributed by atoms with van der Waals surface area (Å²) in [5, 5.41) is 7.85. The zero-order chi connectivity index (χ0) is 14.8. The fourth-order valence-corrected chi connectivity index (χ4v) is 2.40. The van der Waals surface area contributed by atoms with E-state index in [9.17, 15) is 8.78 Å². The average molecular weight is 282 g/mol. The molecule has 0 aliphatic heterocycles. The molecule has 0 saturated carbocycles. The van der Waals surface area contributed by atoms with Gasteiger partial charge < -0.3 is 0 Å². The van der Waals surface area contributed by atoms with E-state index in [2.05, 4.69) is 10.2 Å². The predicted octanol–water partition coefficient (Wildman–Crippen LogP) is 4.40. The number of nitrogens with zero attached hydrogens (tertiary/aromatic N) is 2. The molecule has 3 aromatic rings. The molecular formula is C17H12F2N2. The molecule has 0 spiro atoms. The second-order valence-electron chi connectivity index (χ2n) is 4.68. The van der Waals surface area contributed by atoms with Crippen LogP contribution in [0.15, 0.2) is 54.7 Å². The van der Waals surface area contributed by atoms with Crippen LogP contribution in [-0.4, -0.2) is 10.2 Å².